The Morgan fingerprint density at radius 3 is 2.54 bits per heavy atom. The van der Waals surface area contributed by atoms with Crippen LogP contribution in [0.3, 0.4) is 0 Å². The molecule has 11 heteroatoms. The fourth-order valence-corrected chi connectivity index (χ4v) is 2.52. The van der Waals surface area contributed by atoms with Crippen LogP contribution in [0.25, 0.3) is 0 Å². The van der Waals surface area contributed by atoms with Gasteiger partial charge in [0, 0.05) is 18.2 Å². The summed E-state index contributed by atoms with van der Waals surface area (Å²) in [6.45, 7) is -0.998. The van der Waals surface area contributed by atoms with Gasteiger partial charge in [-0.2, -0.15) is 13.2 Å². The predicted molar refractivity (Wildman–Crippen MR) is 70.8 cm³/mol. The summed E-state index contributed by atoms with van der Waals surface area (Å²) in [4.78, 5) is 21.9. The first-order valence-corrected chi connectivity index (χ1v) is 6.54. The zero-order chi connectivity index (χ0) is 18.3. The second-order valence-electron chi connectivity index (χ2n) is 5.18. The summed E-state index contributed by atoms with van der Waals surface area (Å²) in [6, 6.07) is 0.371. The topological polar surface area (TPSA) is 72.7 Å². The zero-order valence-corrected chi connectivity index (χ0v) is 12.1. The maximum absolute atomic E-state index is 13.6. The number of nitro groups is 1. The highest BCUT2D eigenvalue weighted by molar-refractivity contribution is 5.81. The van der Waals surface area contributed by atoms with Crippen molar-refractivity contribution in [1.29, 1.82) is 0 Å². The number of hydrogen-bond donors (Lipinski definition) is 0. The lowest BCUT2D eigenvalue weighted by Gasteiger charge is -2.24. The van der Waals surface area contributed by atoms with Crippen molar-refractivity contribution < 1.29 is 36.4 Å². The molecule has 1 atom stereocenters. The van der Waals surface area contributed by atoms with E-state index in [1.165, 1.54) is 0 Å². The van der Waals surface area contributed by atoms with Gasteiger partial charge in [-0.1, -0.05) is 0 Å². The van der Waals surface area contributed by atoms with Crippen LogP contribution in [0, 0.1) is 10.1 Å². The SMILES string of the molecule is COC(=O)C1CC(F)(F)CN1c1ccc([N+](=O)[O-])c(C(F)(F)F)c1. The van der Waals surface area contributed by atoms with Gasteiger partial charge < -0.3 is 9.64 Å². The van der Waals surface area contributed by atoms with Gasteiger partial charge in [0.15, 0.2) is 0 Å². The van der Waals surface area contributed by atoms with Crippen LogP contribution in [-0.2, 0) is 15.7 Å². The number of benzene rings is 1. The molecule has 0 bridgehead atoms. The summed E-state index contributed by atoms with van der Waals surface area (Å²) in [6.07, 6.45) is -5.97. The highest BCUT2D eigenvalue weighted by Gasteiger charge is 2.49. The number of carbonyl (C=O) groups is 1. The van der Waals surface area contributed by atoms with E-state index in [1.54, 1.807) is 0 Å². The van der Waals surface area contributed by atoms with E-state index in [2.05, 4.69) is 4.74 Å². The molecule has 1 fully saturated rings. The Morgan fingerprint density at radius 2 is 2.04 bits per heavy atom. The molecule has 1 aliphatic rings. The minimum absolute atomic E-state index is 0.375. The van der Waals surface area contributed by atoms with Crippen molar-refractivity contribution in [3.8, 4) is 0 Å². The molecule has 1 aromatic rings. The fourth-order valence-electron chi connectivity index (χ4n) is 2.52. The van der Waals surface area contributed by atoms with E-state index >= 15 is 0 Å². The van der Waals surface area contributed by atoms with Gasteiger partial charge in [-0.15, -0.1) is 0 Å². The molecule has 0 radical (unpaired) electrons. The molecule has 24 heavy (non-hydrogen) atoms. The average molecular weight is 354 g/mol. The molecule has 0 spiro atoms. The Balaban J connectivity index is 2.51. The Kier molecular flexibility index (Phi) is 4.38. The molecule has 0 aliphatic carbocycles. The van der Waals surface area contributed by atoms with Crippen LogP contribution >= 0.6 is 0 Å². The maximum Gasteiger partial charge on any atom is 0.423 e. The van der Waals surface area contributed by atoms with Gasteiger partial charge in [0.1, 0.15) is 11.6 Å². The first kappa shape index (κ1) is 17.9. The lowest BCUT2D eigenvalue weighted by molar-refractivity contribution is -0.388. The van der Waals surface area contributed by atoms with E-state index in [4.69, 9.17) is 0 Å². The number of carbonyl (C=O) groups excluding carboxylic acids is 1. The monoisotopic (exact) mass is 354 g/mol. The number of anilines is 1. The number of rotatable bonds is 3. The molecule has 0 aromatic heterocycles. The first-order chi connectivity index (χ1) is 11.0. The van der Waals surface area contributed by atoms with Crippen molar-refractivity contribution in [3.63, 3.8) is 0 Å². The lowest BCUT2D eigenvalue weighted by atomic mass is 10.1. The van der Waals surface area contributed by atoms with Crippen molar-refractivity contribution >= 4 is 17.3 Å². The van der Waals surface area contributed by atoms with Gasteiger partial charge in [0.25, 0.3) is 11.6 Å². The van der Waals surface area contributed by atoms with Gasteiger partial charge in [-0.25, -0.2) is 13.6 Å². The quantitative estimate of drug-likeness (QED) is 0.361. The zero-order valence-electron chi connectivity index (χ0n) is 12.1. The molecule has 6 nitrogen and oxygen atoms in total. The fraction of sp³-hybridized carbons (Fsp3) is 0.462. The third-order valence-electron chi connectivity index (χ3n) is 3.56. The summed E-state index contributed by atoms with van der Waals surface area (Å²) in [5.74, 6) is -4.34. The summed E-state index contributed by atoms with van der Waals surface area (Å²) in [7, 11) is 0.966. The van der Waals surface area contributed by atoms with E-state index in [0.717, 1.165) is 18.1 Å². The lowest BCUT2D eigenvalue weighted by Crippen LogP contribution is -2.37. The minimum atomic E-state index is -5.05. The highest BCUT2D eigenvalue weighted by atomic mass is 19.4. The maximum atomic E-state index is 13.6. The van der Waals surface area contributed by atoms with Crippen LogP contribution in [-0.4, -0.2) is 36.5 Å². The second kappa shape index (κ2) is 5.87. The molecule has 0 N–H and O–H groups in total. The molecule has 1 heterocycles. The van der Waals surface area contributed by atoms with Crippen molar-refractivity contribution in [2.75, 3.05) is 18.6 Å². The Labute approximate surface area is 131 Å². The first-order valence-electron chi connectivity index (χ1n) is 6.54. The third kappa shape index (κ3) is 3.39. The Morgan fingerprint density at radius 1 is 1.42 bits per heavy atom. The van der Waals surface area contributed by atoms with Crippen LogP contribution in [0.2, 0.25) is 0 Å². The van der Waals surface area contributed by atoms with Crippen LogP contribution in [0.4, 0.5) is 33.3 Å². The van der Waals surface area contributed by atoms with Crippen LogP contribution in [0.5, 0.6) is 0 Å². The summed E-state index contributed by atoms with van der Waals surface area (Å²) < 4.78 is 70.5. The number of hydrogen-bond acceptors (Lipinski definition) is 5. The molecule has 132 valence electrons. The van der Waals surface area contributed by atoms with Gasteiger partial charge in [-0.05, 0) is 12.1 Å². The number of halogens is 5. The summed E-state index contributed by atoms with van der Waals surface area (Å²) in [5, 5.41) is 10.7. The predicted octanol–water partition coefficient (Wildman–Crippen LogP) is 3.00. The molecule has 0 saturated carbocycles. The van der Waals surface area contributed by atoms with E-state index in [0.29, 0.717) is 12.1 Å². The van der Waals surface area contributed by atoms with E-state index in [9.17, 15) is 36.9 Å². The highest BCUT2D eigenvalue weighted by Crippen LogP contribution is 2.41. The van der Waals surface area contributed by atoms with Crippen molar-refractivity contribution in [3.05, 3.63) is 33.9 Å². The van der Waals surface area contributed by atoms with E-state index in [1.807, 2.05) is 0 Å². The molecular formula is C13H11F5N2O4. The number of ether oxygens (including phenoxy) is 1. The smallest absolute Gasteiger partial charge is 0.423 e. The largest absolute Gasteiger partial charge is 0.467 e. The second-order valence-corrected chi connectivity index (χ2v) is 5.18. The van der Waals surface area contributed by atoms with Crippen LogP contribution < -0.4 is 4.90 Å². The molecule has 1 aromatic carbocycles. The number of methoxy groups -OCH3 is 1. The van der Waals surface area contributed by atoms with Gasteiger partial charge in [0.05, 0.1) is 18.6 Å². The summed E-state index contributed by atoms with van der Waals surface area (Å²) in [5.41, 5.74) is -3.16. The average Bonchev–Trinajstić information content (AvgIpc) is 2.80. The molecule has 1 saturated heterocycles. The van der Waals surface area contributed by atoms with Gasteiger partial charge in [-0.3, -0.25) is 10.1 Å². The van der Waals surface area contributed by atoms with Gasteiger partial charge in [0.2, 0.25) is 0 Å². The van der Waals surface area contributed by atoms with Crippen molar-refractivity contribution in [2.45, 2.75) is 24.6 Å². The van der Waals surface area contributed by atoms with E-state index in [-0.39, 0.29) is 5.69 Å². The number of esters is 1. The molecule has 1 aliphatic heterocycles. The molecule has 2 rings (SSSR count). The van der Waals surface area contributed by atoms with Crippen molar-refractivity contribution in [2.24, 2.45) is 0 Å². The third-order valence-corrected chi connectivity index (χ3v) is 3.56. The number of nitro benzene ring substituents is 1. The normalized spacial score (nSPS) is 20.1. The van der Waals surface area contributed by atoms with Crippen LogP contribution in [0.1, 0.15) is 12.0 Å². The van der Waals surface area contributed by atoms with Crippen molar-refractivity contribution in [1.82, 2.24) is 0 Å². The van der Waals surface area contributed by atoms with Gasteiger partial charge >= 0.3 is 12.1 Å². The van der Waals surface area contributed by atoms with Crippen LogP contribution in [0.15, 0.2) is 18.2 Å². The molecular weight excluding hydrogens is 343 g/mol. The Bertz CT molecular complexity index is 677. The standard InChI is InChI=1S/C13H11F5N2O4/c1-24-11(21)10-5-12(14,15)6-19(10)7-2-3-9(20(22)23)8(4-7)13(16,17)18/h2-4,10H,5-6H2,1H3. The minimum Gasteiger partial charge on any atom is -0.467 e. The molecule has 0 amide bonds. The Hall–Kier alpha value is -2.46. The molecule has 1 unspecified atom stereocenters. The number of nitrogens with zero attached hydrogens (tertiary/aromatic N) is 2. The summed E-state index contributed by atoms with van der Waals surface area (Å²) >= 11 is 0. The van der Waals surface area contributed by atoms with E-state index < -0.39 is 53.2 Å². The number of alkyl halides is 5.